The van der Waals surface area contributed by atoms with Crippen LogP contribution in [0.25, 0.3) is 11.1 Å². The van der Waals surface area contributed by atoms with Gasteiger partial charge in [-0.15, -0.1) is 0 Å². The number of carboxylic acid groups (broad SMARTS) is 1. The Labute approximate surface area is 137 Å². The molecule has 3 nitrogen and oxygen atoms in total. The number of benzene rings is 1. The van der Waals surface area contributed by atoms with Crippen LogP contribution in [0.4, 0.5) is 13.2 Å². The lowest BCUT2D eigenvalue weighted by Crippen LogP contribution is -2.15. The van der Waals surface area contributed by atoms with Gasteiger partial charge < -0.3 is 5.11 Å². The van der Waals surface area contributed by atoms with E-state index in [0.29, 0.717) is 6.07 Å². The van der Waals surface area contributed by atoms with E-state index in [4.69, 9.17) is 39.9 Å². The highest BCUT2D eigenvalue weighted by molar-refractivity contribution is 6.48. The molecule has 1 aromatic heterocycles. The van der Waals surface area contributed by atoms with Crippen molar-refractivity contribution < 1.29 is 23.1 Å². The number of aromatic carboxylic acids is 1. The van der Waals surface area contributed by atoms with Gasteiger partial charge in [-0.3, -0.25) is 0 Å². The summed E-state index contributed by atoms with van der Waals surface area (Å²) in [5.74, 6) is -1.77. The molecule has 2 aromatic rings. The molecule has 1 heterocycles. The zero-order valence-corrected chi connectivity index (χ0v) is 12.6. The van der Waals surface area contributed by atoms with E-state index in [-0.39, 0.29) is 26.2 Å². The molecule has 0 unspecified atom stereocenters. The Bertz CT molecular complexity index is 740. The summed E-state index contributed by atoms with van der Waals surface area (Å²) in [4.78, 5) is 14.2. The lowest BCUT2D eigenvalue weighted by atomic mass is 10.0. The summed E-state index contributed by atoms with van der Waals surface area (Å²) < 4.78 is 38.9. The number of hydrogen-bond acceptors (Lipinski definition) is 2. The number of pyridine rings is 1. The molecule has 0 aliphatic heterocycles. The maximum Gasteiger partial charge on any atom is 0.418 e. The van der Waals surface area contributed by atoms with Gasteiger partial charge in [0.15, 0.2) is 5.69 Å². The van der Waals surface area contributed by atoms with E-state index in [2.05, 4.69) is 4.98 Å². The molecule has 2 rings (SSSR count). The Morgan fingerprint density at radius 1 is 1.05 bits per heavy atom. The van der Waals surface area contributed by atoms with Gasteiger partial charge in [-0.05, 0) is 23.8 Å². The number of carbonyl (C=O) groups is 1. The van der Waals surface area contributed by atoms with Gasteiger partial charge in [0.2, 0.25) is 0 Å². The van der Waals surface area contributed by atoms with Crippen molar-refractivity contribution in [2.24, 2.45) is 0 Å². The van der Waals surface area contributed by atoms with Crippen LogP contribution in [0.1, 0.15) is 16.1 Å². The third kappa shape index (κ3) is 3.29. The summed E-state index contributed by atoms with van der Waals surface area (Å²) in [5, 5.41) is 8.97. The second-order valence-electron chi connectivity index (χ2n) is 4.18. The zero-order chi connectivity index (χ0) is 16.7. The van der Waals surface area contributed by atoms with Crippen LogP contribution < -0.4 is 0 Å². The molecular formula is C13H5Cl3F3NO2. The molecule has 0 saturated heterocycles. The molecule has 0 fully saturated rings. The third-order valence-corrected chi connectivity index (χ3v) is 3.91. The van der Waals surface area contributed by atoms with Crippen molar-refractivity contribution in [2.75, 3.05) is 0 Å². The first-order valence-corrected chi connectivity index (χ1v) is 6.70. The molecule has 0 aliphatic carbocycles. The molecule has 1 N–H and O–H groups in total. The highest BCUT2D eigenvalue weighted by Gasteiger charge is 2.36. The van der Waals surface area contributed by atoms with Gasteiger partial charge in [0.05, 0.1) is 20.6 Å². The maximum atomic E-state index is 13.0. The zero-order valence-electron chi connectivity index (χ0n) is 10.4. The van der Waals surface area contributed by atoms with E-state index in [0.717, 1.165) is 6.20 Å². The monoisotopic (exact) mass is 369 g/mol. The van der Waals surface area contributed by atoms with E-state index in [1.54, 1.807) is 0 Å². The average molecular weight is 371 g/mol. The summed E-state index contributed by atoms with van der Waals surface area (Å²) in [5.41, 5.74) is -2.20. The van der Waals surface area contributed by atoms with Gasteiger partial charge in [0, 0.05) is 11.8 Å². The van der Waals surface area contributed by atoms with Crippen molar-refractivity contribution in [3.05, 3.63) is 50.7 Å². The Kier molecular flexibility index (Phi) is 4.56. The van der Waals surface area contributed by atoms with Crippen LogP contribution in [0.2, 0.25) is 15.1 Å². The Hall–Kier alpha value is -1.50. The van der Waals surface area contributed by atoms with Crippen molar-refractivity contribution in [2.45, 2.75) is 6.18 Å². The topological polar surface area (TPSA) is 50.2 Å². The van der Waals surface area contributed by atoms with Crippen LogP contribution in [-0.4, -0.2) is 16.1 Å². The van der Waals surface area contributed by atoms with Crippen LogP contribution in [0.3, 0.4) is 0 Å². The normalized spacial score (nSPS) is 11.5. The van der Waals surface area contributed by atoms with Crippen LogP contribution >= 0.6 is 34.8 Å². The number of hydrogen-bond donors (Lipinski definition) is 1. The molecule has 116 valence electrons. The lowest BCUT2D eigenvalue weighted by molar-refractivity contribution is -0.138. The predicted molar refractivity (Wildman–Crippen MR) is 76.7 cm³/mol. The quantitative estimate of drug-likeness (QED) is 0.718. The molecule has 0 saturated carbocycles. The van der Waals surface area contributed by atoms with Gasteiger partial charge in [-0.25, -0.2) is 9.78 Å². The molecule has 22 heavy (non-hydrogen) atoms. The fourth-order valence-electron chi connectivity index (χ4n) is 1.73. The van der Waals surface area contributed by atoms with E-state index in [1.807, 2.05) is 0 Å². The van der Waals surface area contributed by atoms with E-state index in [1.165, 1.54) is 12.1 Å². The molecule has 0 radical (unpaired) electrons. The Balaban J connectivity index is 2.66. The number of carboxylic acids is 1. The fraction of sp³-hybridized carbons (Fsp3) is 0.0769. The van der Waals surface area contributed by atoms with E-state index >= 15 is 0 Å². The standard InChI is InChI=1S/C13H5Cl3F3NO2/c14-8-2-5(3-9(15)10(8)16)6-1-7(13(17,18)19)11(12(21)22)20-4-6/h1-4H,(H,21,22). The first-order valence-electron chi connectivity index (χ1n) is 5.56. The van der Waals surface area contributed by atoms with Crippen LogP contribution in [0.5, 0.6) is 0 Å². The number of rotatable bonds is 2. The highest BCUT2D eigenvalue weighted by Crippen LogP contribution is 2.37. The van der Waals surface area contributed by atoms with Crippen LogP contribution in [-0.2, 0) is 6.18 Å². The van der Waals surface area contributed by atoms with Crippen molar-refractivity contribution in [1.29, 1.82) is 0 Å². The number of nitrogens with zero attached hydrogens (tertiary/aromatic N) is 1. The minimum Gasteiger partial charge on any atom is -0.476 e. The summed E-state index contributed by atoms with van der Waals surface area (Å²) in [6.07, 6.45) is -3.87. The fourth-order valence-corrected chi connectivity index (χ4v) is 2.33. The first kappa shape index (κ1) is 16.9. The molecule has 9 heteroatoms. The molecule has 0 spiro atoms. The van der Waals surface area contributed by atoms with E-state index < -0.39 is 23.4 Å². The second-order valence-corrected chi connectivity index (χ2v) is 5.37. The van der Waals surface area contributed by atoms with E-state index in [9.17, 15) is 18.0 Å². The van der Waals surface area contributed by atoms with Gasteiger partial charge in [-0.2, -0.15) is 13.2 Å². The second kappa shape index (κ2) is 5.95. The summed E-state index contributed by atoms with van der Waals surface area (Å²) in [6, 6.07) is 3.30. The number of halogens is 6. The lowest BCUT2D eigenvalue weighted by Gasteiger charge is -2.12. The van der Waals surface area contributed by atoms with Crippen molar-refractivity contribution in [3.63, 3.8) is 0 Å². The molecule has 0 atom stereocenters. The van der Waals surface area contributed by atoms with Gasteiger partial charge in [-0.1, -0.05) is 34.8 Å². The van der Waals surface area contributed by atoms with Gasteiger partial charge in [0.1, 0.15) is 0 Å². The highest BCUT2D eigenvalue weighted by atomic mass is 35.5. The summed E-state index contributed by atoms with van der Waals surface area (Å²) >= 11 is 17.4. The first-order chi connectivity index (χ1) is 10.1. The minimum absolute atomic E-state index is 0.0118. The number of aromatic nitrogens is 1. The predicted octanol–water partition coefficient (Wildman–Crippen LogP) is 5.43. The summed E-state index contributed by atoms with van der Waals surface area (Å²) in [6.45, 7) is 0. The minimum atomic E-state index is -4.86. The Morgan fingerprint density at radius 3 is 2.05 bits per heavy atom. The molecule has 1 aromatic carbocycles. The van der Waals surface area contributed by atoms with Crippen LogP contribution in [0.15, 0.2) is 24.4 Å². The molecule has 0 bridgehead atoms. The van der Waals surface area contributed by atoms with Gasteiger partial charge >= 0.3 is 12.1 Å². The van der Waals surface area contributed by atoms with Crippen molar-refractivity contribution >= 4 is 40.8 Å². The third-order valence-electron chi connectivity index (χ3n) is 2.71. The van der Waals surface area contributed by atoms with Gasteiger partial charge in [0.25, 0.3) is 0 Å². The molecule has 0 amide bonds. The maximum absolute atomic E-state index is 13.0. The average Bonchev–Trinajstić information content (AvgIpc) is 2.42. The smallest absolute Gasteiger partial charge is 0.418 e. The van der Waals surface area contributed by atoms with Crippen LogP contribution in [0, 0.1) is 0 Å². The summed E-state index contributed by atoms with van der Waals surface area (Å²) in [7, 11) is 0. The van der Waals surface area contributed by atoms with Crippen molar-refractivity contribution in [3.8, 4) is 11.1 Å². The number of alkyl halides is 3. The molecular weight excluding hydrogens is 366 g/mol. The largest absolute Gasteiger partial charge is 0.476 e. The van der Waals surface area contributed by atoms with Crippen molar-refractivity contribution in [1.82, 2.24) is 4.98 Å². The Morgan fingerprint density at radius 2 is 1.59 bits per heavy atom. The molecule has 0 aliphatic rings. The SMILES string of the molecule is O=C(O)c1ncc(-c2cc(Cl)c(Cl)c(Cl)c2)cc1C(F)(F)F.